The lowest BCUT2D eigenvalue weighted by Crippen LogP contribution is -2.17. The van der Waals surface area contributed by atoms with Gasteiger partial charge in [-0.25, -0.2) is 21.9 Å². The zero-order valence-electron chi connectivity index (χ0n) is 11.4. The third-order valence-electron chi connectivity index (χ3n) is 2.87. The van der Waals surface area contributed by atoms with Crippen molar-refractivity contribution in [2.75, 3.05) is 12.4 Å². The molecule has 8 heteroatoms. The third-order valence-corrected chi connectivity index (χ3v) is 4.16. The number of rotatable bonds is 5. The molecule has 0 spiro atoms. The minimum Gasteiger partial charge on any atom is -0.446 e. The molecule has 0 fully saturated rings. The van der Waals surface area contributed by atoms with Gasteiger partial charge in [-0.15, -0.1) is 0 Å². The number of furan rings is 1. The molecule has 0 aliphatic carbocycles. The van der Waals surface area contributed by atoms with Crippen LogP contribution < -0.4 is 10.0 Å². The first kappa shape index (κ1) is 15.5. The normalized spacial score (nSPS) is 11.6. The molecule has 1 aromatic carbocycles. The molecule has 5 nitrogen and oxygen atoms in total. The molecule has 0 unspecified atom stereocenters. The second-order valence-corrected chi connectivity index (χ2v) is 6.18. The summed E-state index contributed by atoms with van der Waals surface area (Å²) in [7, 11) is -2.40. The molecule has 1 heterocycles. The van der Waals surface area contributed by atoms with E-state index in [4.69, 9.17) is 4.42 Å². The molecule has 0 radical (unpaired) electrons. The lowest BCUT2D eigenvalue weighted by Gasteiger charge is -2.07. The highest BCUT2D eigenvalue weighted by Gasteiger charge is 2.16. The van der Waals surface area contributed by atoms with Crippen molar-refractivity contribution in [1.82, 2.24) is 4.72 Å². The van der Waals surface area contributed by atoms with E-state index in [9.17, 15) is 17.2 Å². The zero-order chi connectivity index (χ0) is 15.6. The number of sulfonamides is 1. The van der Waals surface area contributed by atoms with Crippen LogP contribution in [0.3, 0.4) is 0 Å². The molecule has 1 aromatic heterocycles. The van der Waals surface area contributed by atoms with Crippen molar-refractivity contribution in [3.8, 4) is 0 Å². The molecule has 21 heavy (non-hydrogen) atoms. The van der Waals surface area contributed by atoms with Crippen molar-refractivity contribution in [3.05, 3.63) is 47.2 Å². The van der Waals surface area contributed by atoms with Crippen molar-refractivity contribution in [2.24, 2.45) is 0 Å². The molecule has 0 atom stereocenters. The van der Waals surface area contributed by atoms with Gasteiger partial charge < -0.3 is 9.73 Å². The van der Waals surface area contributed by atoms with Gasteiger partial charge in [0.1, 0.15) is 17.4 Å². The number of hydrogen-bond acceptors (Lipinski definition) is 4. The summed E-state index contributed by atoms with van der Waals surface area (Å²) in [5.41, 5.74) is 0.186. The van der Waals surface area contributed by atoms with E-state index in [0.29, 0.717) is 0 Å². The lowest BCUT2D eigenvalue weighted by molar-refractivity contribution is 0.417. The van der Waals surface area contributed by atoms with E-state index in [1.807, 2.05) is 0 Å². The fraction of sp³-hybridized carbons (Fsp3) is 0.231. The first-order valence-corrected chi connectivity index (χ1v) is 7.53. The van der Waals surface area contributed by atoms with E-state index in [-0.39, 0.29) is 28.6 Å². The molecule has 114 valence electrons. The Morgan fingerprint density at radius 1 is 1.19 bits per heavy atom. The minimum atomic E-state index is -3.66. The van der Waals surface area contributed by atoms with E-state index in [2.05, 4.69) is 10.0 Å². The Labute approximate surface area is 121 Å². The Morgan fingerprint density at radius 3 is 2.57 bits per heavy atom. The molecule has 0 saturated heterocycles. The van der Waals surface area contributed by atoms with Crippen LogP contribution in [0.1, 0.15) is 11.3 Å². The summed E-state index contributed by atoms with van der Waals surface area (Å²) in [5.74, 6) is -0.843. The molecule has 0 aliphatic rings. The van der Waals surface area contributed by atoms with Crippen molar-refractivity contribution in [3.63, 3.8) is 0 Å². The molecule has 0 aliphatic heterocycles. The lowest BCUT2D eigenvalue weighted by atomic mass is 10.2. The highest BCUT2D eigenvalue weighted by atomic mass is 32.2. The van der Waals surface area contributed by atoms with Crippen molar-refractivity contribution < 1.29 is 21.6 Å². The third kappa shape index (κ3) is 3.40. The van der Waals surface area contributed by atoms with Gasteiger partial charge in [0.2, 0.25) is 5.09 Å². The van der Waals surface area contributed by atoms with Crippen LogP contribution in [0.15, 0.2) is 33.8 Å². The minimum absolute atomic E-state index is 0.0208. The number of benzene rings is 1. The second-order valence-electron chi connectivity index (χ2n) is 4.36. The second kappa shape index (κ2) is 5.82. The molecule has 0 saturated carbocycles. The van der Waals surface area contributed by atoms with Crippen LogP contribution in [-0.2, 0) is 16.6 Å². The smallest absolute Gasteiger partial charge is 0.273 e. The Morgan fingerprint density at radius 2 is 1.90 bits per heavy atom. The van der Waals surface area contributed by atoms with Crippen LogP contribution in [-0.4, -0.2) is 15.5 Å². The Bertz CT molecular complexity index is 757. The van der Waals surface area contributed by atoms with Crippen molar-refractivity contribution >= 4 is 15.7 Å². The molecule has 2 rings (SSSR count). The SMILES string of the molecule is CNS(=O)(=O)c1ccc(CNc2cc(F)c(C)cc2F)o1. The molecule has 2 N–H and O–H groups in total. The summed E-state index contributed by atoms with van der Waals surface area (Å²) in [6, 6.07) is 4.85. The zero-order valence-corrected chi connectivity index (χ0v) is 12.2. The number of aryl methyl sites for hydroxylation is 1. The predicted molar refractivity (Wildman–Crippen MR) is 73.4 cm³/mol. The van der Waals surface area contributed by atoms with Crippen LogP contribution in [0.4, 0.5) is 14.5 Å². The number of nitrogens with one attached hydrogen (secondary N) is 2. The van der Waals surface area contributed by atoms with E-state index in [1.54, 1.807) is 0 Å². The van der Waals surface area contributed by atoms with Gasteiger partial charge in [-0.05, 0) is 37.7 Å². The van der Waals surface area contributed by atoms with Crippen molar-refractivity contribution in [1.29, 1.82) is 0 Å². The monoisotopic (exact) mass is 316 g/mol. The van der Waals surface area contributed by atoms with Gasteiger partial charge in [0, 0.05) is 6.07 Å². The molecule has 2 aromatic rings. The number of anilines is 1. The maximum Gasteiger partial charge on any atom is 0.273 e. The van der Waals surface area contributed by atoms with Gasteiger partial charge in [-0.2, -0.15) is 0 Å². The van der Waals surface area contributed by atoms with E-state index in [0.717, 1.165) is 12.1 Å². The standard InChI is InChI=1S/C13H14F2N2O3S/c1-8-5-11(15)12(6-10(8)14)17-7-9-3-4-13(20-9)21(18,19)16-2/h3-6,16-17H,7H2,1-2H3. The quantitative estimate of drug-likeness (QED) is 0.888. The average molecular weight is 316 g/mol. The van der Waals surface area contributed by atoms with Crippen LogP contribution >= 0.6 is 0 Å². The Hall–Kier alpha value is -1.93. The van der Waals surface area contributed by atoms with Crippen LogP contribution in [0.2, 0.25) is 0 Å². The van der Waals surface area contributed by atoms with E-state index in [1.165, 1.54) is 26.1 Å². The highest BCUT2D eigenvalue weighted by molar-refractivity contribution is 7.89. The van der Waals surface area contributed by atoms with Crippen LogP contribution in [0.5, 0.6) is 0 Å². The summed E-state index contributed by atoms with van der Waals surface area (Å²) in [5, 5.41) is 2.42. The Balaban J connectivity index is 2.13. The highest BCUT2D eigenvalue weighted by Crippen LogP contribution is 2.20. The van der Waals surface area contributed by atoms with Gasteiger partial charge in [-0.3, -0.25) is 0 Å². The van der Waals surface area contributed by atoms with Crippen LogP contribution in [0, 0.1) is 18.6 Å². The predicted octanol–water partition coefficient (Wildman–Crippen LogP) is 2.39. The largest absolute Gasteiger partial charge is 0.446 e. The van der Waals surface area contributed by atoms with Gasteiger partial charge >= 0.3 is 0 Å². The van der Waals surface area contributed by atoms with Gasteiger partial charge in [-0.1, -0.05) is 0 Å². The summed E-state index contributed by atoms with van der Waals surface area (Å²) in [6.45, 7) is 1.49. The first-order valence-electron chi connectivity index (χ1n) is 6.05. The van der Waals surface area contributed by atoms with E-state index >= 15 is 0 Å². The average Bonchev–Trinajstić information content (AvgIpc) is 2.91. The van der Waals surface area contributed by atoms with Gasteiger partial charge in [0.05, 0.1) is 12.2 Å². The van der Waals surface area contributed by atoms with Crippen molar-refractivity contribution in [2.45, 2.75) is 18.6 Å². The molecule has 0 bridgehead atoms. The topological polar surface area (TPSA) is 71.3 Å². The fourth-order valence-corrected chi connectivity index (χ4v) is 2.33. The van der Waals surface area contributed by atoms with Crippen LogP contribution in [0.25, 0.3) is 0 Å². The van der Waals surface area contributed by atoms with Gasteiger partial charge in [0.15, 0.2) is 0 Å². The van der Waals surface area contributed by atoms with Gasteiger partial charge in [0.25, 0.3) is 10.0 Å². The first-order chi connectivity index (χ1) is 9.83. The number of halogens is 2. The summed E-state index contributed by atoms with van der Waals surface area (Å²) < 4.78 is 57.2. The summed E-state index contributed by atoms with van der Waals surface area (Å²) >= 11 is 0. The maximum absolute atomic E-state index is 13.6. The molecular formula is C13H14F2N2O3S. The maximum atomic E-state index is 13.6. The van der Waals surface area contributed by atoms with E-state index < -0.39 is 21.7 Å². The summed E-state index contributed by atoms with van der Waals surface area (Å²) in [4.78, 5) is 0. The number of hydrogen-bond donors (Lipinski definition) is 2. The fourth-order valence-electron chi connectivity index (χ4n) is 1.66. The molecule has 0 amide bonds. The molecular weight excluding hydrogens is 302 g/mol. The summed E-state index contributed by atoms with van der Waals surface area (Å²) in [6.07, 6.45) is 0. The Kier molecular flexibility index (Phi) is 4.29.